The van der Waals surface area contributed by atoms with E-state index in [1.54, 1.807) is 0 Å². The molecule has 130 valence electrons. The van der Waals surface area contributed by atoms with E-state index >= 15 is 0 Å². The predicted octanol–water partition coefficient (Wildman–Crippen LogP) is -7.51. The van der Waals surface area contributed by atoms with E-state index in [2.05, 4.69) is 0 Å². The molecular weight excluding hydrogens is 487 g/mol. The molecule has 0 N–H and O–H groups in total. The van der Waals surface area contributed by atoms with Crippen LogP contribution in [0.5, 0.6) is 0 Å². The van der Waals surface area contributed by atoms with E-state index in [-0.39, 0.29) is 37.1 Å². The predicted molar refractivity (Wildman–Crippen MR) is 43.2 cm³/mol. The zero-order valence-corrected chi connectivity index (χ0v) is 16.7. The van der Waals surface area contributed by atoms with Crippen LogP contribution in [-0.2, 0) is 37.1 Å². The molecule has 2 radical (unpaired) electrons. The van der Waals surface area contributed by atoms with Crippen molar-refractivity contribution in [3.63, 3.8) is 0 Å². The first-order chi connectivity index (χ1) is 8.66. The molecule has 0 spiro atoms. The standard InChI is InChI=1S/5NO2P.2V/c5*1-4(2)3;;/q5*-2;;. The van der Waals surface area contributed by atoms with Crippen molar-refractivity contribution in [3.05, 3.63) is 0 Å². The van der Waals surface area contributed by atoms with E-state index in [1.807, 2.05) is 0 Å². The molecule has 0 heterocycles. The van der Waals surface area contributed by atoms with Gasteiger partial charge in [-0.15, -0.1) is 40.1 Å². The largest absolute Gasteiger partial charge is 0.796 e. The Labute approximate surface area is 151 Å². The maximum Gasteiger partial charge on any atom is 0 e. The quantitative estimate of drug-likeness (QED) is 0.286. The monoisotopic (exact) mass is 487 g/mol. The van der Waals surface area contributed by atoms with Crippen LogP contribution in [0.1, 0.15) is 0 Å². The van der Waals surface area contributed by atoms with Gasteiger partial charge in [0.15, 0.2) is 0 Å². The second-order valence-corrected chi connectivity index (χ2v) is 3.57. The number of hydrogen-bond acceptors (Lipinski definition) is 15. The molecule has 0 aliphatic heterocycles. The summed E-state index contributed by atoms with van der Waals surface area (Å²) in [6, 6.07) is 0. The fourth-order valence-corrected chi connectivity index (χ4v) is 0. The van der Waals surface area contributed by atoms with Gasteiger partial charge >= 0.3 is 0 Å². The van der Waals surface area contributed by atoms with E-state index in [9.17, 15) is 0 Å². The summed E-state index contributed by atoms with van der Waals surface area (Å²) in [5.41, 5.74) is 0. The van der Waals surface area contributed by atoms with Crippen LogP contribution in [0.2, 0.25) is 0 Å². The van der Waals surface area contributed by atoms with Gasteiger partial charge in [0.05, 0.1) is 0 Å². The first-order valence-electron chi connectivity index (χ1n) is 2.83. The summed E-state index contributed by atoms with van der Waals surface area (Å²) in [6.07, 6.45) is 0. The van der Waals surface area contributed by atoms with Crippen molar-refractivity contribution in [3.8, 4) is 0 Å². The summed E-state index contributed by atoms with van der Waals surface area (Å²) in [5.74, 6) is 0. The second-order valence-electron chi connectivity index (χ2n) is 1.19. The van der Waals surface area contributed by atoms with Gasteiger partial charge in [0.1, 0.15) is 0 Å². The van der Waals surface area contributed by atoms with Gasteiger partial charge in [-0.2, -0.15) is 0 Å². The van der Waals surface area contributed by atoms with Crippen molar-refractivity contribution in [2.75, 3.05) is 0 Å². The van der Waals surface area contributed by atoms with Gasteiger partial charge in [-0.25, -0.2) is 0 Å². The maximum atomic E-state index is 8.59. The third kappa shape index (κ3) is 12200. The van der Waals surface area contributed by atoms with Crippen LogP contribution in [0.4, 0.5) is 0 Å². The Morgan fingerprint density at radius 3 is 0.318 bits per heavy atom. The van der Waals surface area contributed by atoms with Crippen LogP contribution in [0.3, 0.4) is 0 Å². The smallest absolute Gasteiger partial charge is 0 e. The Morgan fingerprint density at radius 1 is 0.318 bits per heavy atom. The zero-order chi connectivity index (χ0) is 17.9. The average molecular weight is 487 g/mol. The molecule has 0 unspecified atom stereocenters. The van der Waals surface area contributed by atoms with Crippen molar-refractivity contribution in [1.82, 2.24) is 0 Å². The van der Waals surface area contributed by atoms with Crippen molar-refractivity contribution in [2.24, 2.45) is 0 Å². The van der Waals surface area contributed by atoms with Gasteiger partial charge < -0.3 is 48.9 Å². The molecule has 0 bridgehead atoms. The minimum Gasteiger partial charge on any atom is -0.796 e. The van der Waals surface area contributed by atoms with Gasteiger partial charge in [-0.05, 0) is 0 Å². The zero-order valence-electron chi connectivity index (χ0n) is 9.45. The van der Waals surface area contributed by atoms with Gasteiger partial charge in [-0.3, -0.25) is 25.0 Å². The number of rotatable bonds is 0. The molecule has 0 atom stereocenters. The van der Waals surface area contributed by atoms with Crippen LogP contribution >= 0.6 is 40.1 Å². The van der Waals surface area contributed by atoms with Crippen LogP contribution in [0, 0.1) is 25.0 Å². The van der Waals surface area contributed by atoms with Crippen LogP contribution < -0.4 is 48.9 Å². The molecular formula is N5O10P5V2-10. The molecule has 22 heavy (non-hydrogen) atoms. The first-order valence-corrected chi connectivity index (χ1v) is 8.48. The second kappa shape index (κ2) is 37.8. The molecule has 0 aliphatic rings. The van der Waals surface area contributed by atoms with Crippen LogP contribution in [0.25, 0.3) is 0 Å². The SMILES string of the molecule is N#P([O-])[O-].N#P([O-])[O-].N#P([O-])[O-].N#P([O-])[O-].N#P([O-])[O-].[V].[V]. The summed E-state index contributed by atoms with van der Waals surface area (Å²) in [4.78, 5) is 85.9. The third-order valence-corrected chi connectivity index (χ3v) is 0. The fourth-order valence-electron chi connectivity index (χ4n) is 0. The van der Waals surface area contributed by atoms with Gasteiger partial charge in [0.2, 0.25) is 0 Å². The van der Waals surface area contributed by atoms with Gasteiger partial charge in [0.25, 0.3) is 0 Å². The molecule has 0 saturated heterocycles. The van der Waals surface area contributed by atoms with E-state index in [4.69, 9.17) is 73.9 Å². The Balaban J connectivity index is -0.0000000250. The Morgan fingerprint density at radius 2 is 0.318 bits per heavy atom. The molecule has 0 aromatic carbocycles. The first kappa shape index (κ1) is 43.4. The third-order valence-electron chi connectivity index (χ3n) is 0. The van der Waals surface area contributed by atoms with E-state index in [0.29, 0.717) is 0 Å². The molecule has 0 rings (SSSR count). The average Bonchev–Trinajstić information content (AvgIpc) is 1.94. The molecule has 0 aromatic heterocycles. The van der Waals surface area contributed by atoms with E-state index < -0.39 is 40.1 Å². The van der Waals surface area contributed by atoms with Crippen LogP contribution in [0.15, 0.2) is 0 Å². The molecule has 0 saturated carbocycles. The number of hydrogen-bond donors (Lipinski definition) is 0. The molecule has 15 nitrogen and oxygen atoms in total. The molecule has 0 amide bonds. The molecule has 22 heteroatoms. The Bertz CT molecular complexity index is 387. The Kier molecular flexibility index (Phi) is 74.6. The molecule has 0 aromatic rings. The molecule has 0 fully saturated rings. The summed E-state index contributed by atoms with van der Waals surface area (Å²) < 4.78 is 0. The Hall–Kier alpha value is 0.819. The maximum absolute atomic E-state index is 8.59. The fraction of sp³-hybridized carbons (Fsp3) is 0. The summed E-state index contributed by atoms with van der Waals surface area (Å²) in [7, 11) is -15.6. The van der Waals surface area contributed by atoms with Crippen LogP contribution in [-0.4, -0.2) is 0 Å². The van der Waals surface area contributed by atoms with Crippen molar-refractivity contribution in [2.45, 2.75) is 0 Å². The van der Waals surface area contributed by atoms with Crippen molar-refractivity contribution < 1.29 is 86.0 Å². The van der Waals surface area contributed by atoms with Crippen molar-refractivity contribution >= 4 is 40.1 Å². The normalized spacial score (nSPS) is 5.68. The minimum atomic E-state index is -3.12. The minimum absolute atomic E-state index is 0. The van der Waals surface area contributed by atoms with Gasteiger partial charge in [0, 0.05) is 37.1 Å². The van der Waals surface area contributed by atoms with E-state index in [0.717, 1.165) is 0 Å². The van der Waals surface area contributed by atoms with Gasteiger partial charge in [-0.1, -0.05) is 0 Å². The summed E-state index contributed by atoms with van der Waals surface area (Å²) in [5, 5.41) is 35.0. The topological polar surface area (TPSA) is 350 Å². The van der Waals surface area contributed by atoms with Crippen molar-refractivity contribution in [1.29, 1.82) is 25.0 Å². The summed E-state index contributed by atoms with van der Waals surface area (Å²) >= 11 is 0. The molecule has 0 aliphatic carbocycles. The number of nitrogens with zero attached hydrogens (tertiary/aromatic N) is 5. The summed E-state index contributed by atoms with van der Waals surface area (Å²) in [6.45, 7) is 0. The van der Waals surface area contributed by atoms with E-state index in [1.165, 1.54) is 0 Å².